The molecule has 0 unspecified atom stereocenters. The Hall–Kier alpha value is -1.81. The summed E-state index contributed by atoms with van der Waals surface area (Å²) in [6, 6.07) is 7.17. The van der Waals surface area contributed by atoms with Crippen LogP contribution in [0.2, 0.25) is 0 Å². The lowest BCUT2D eigenvalue weighted by atomic mass is 10.1. The summed E-state index contributed by atoms with van der Waals surface area (Å²) >= 11 is 0. The number of epoxide rings is 1. The van der Waals surface area contributed by atoms with E-state index < -0.39 is 0 Å². The number of pyridine rings is 1. The molecular formula is C12H11NO3. The summed E-state index contributed by atoms with van der Waals surface area (Å²) in [6.45, 7) is 0.751. The first-order chi connectivity index (χ1) is 7.79. The molecule has 0 aliphatic carbocycles. The zero-order valence-electron chi connectivity index (χ0n) is 8.82. The molecule has 0 bridgehead atoms. The Balaban J connectivity index is 2.35. The summed E-state index contributed by atoms with van der Waals surface area (Å²) in [6.07, 6.45) is 0.166. The first-order valence-corrected chi connectivity index (χ1v) is 5.11. The number of aromatic amines is 1. The van der Waals surface area contributed by atoms with Gasteiger partial charge >= 0.3 is 0 Å². The lowest BCUT2D eigenvalue weighted by molar-refractivity contribution is 0.413. The number of H-pyrrole nitrogens is 1. The van der Waals surface area contributed by atoms with Crippen LogP contribution in [0.3, 0.4) is 0 Å². The number of methoxy groups -OCH3 is 1. The number of rotatable bonds is 2. The quantitative estimate of drug-likeness (QED) is 0.777. The first-order valence-electron chi connectivity index (χ1n) is 5.11. The molecule has 1 atom stereocenters. The van der Waals surface area contributed by atoms with Crippen molar-refractivity contribution in [3.8, 4) is 5.75 Å². The van der Waals surface area contributed by atoms with Crippen molar-refractivity contribution in [2.45, 2.75) is 6.10 Å². The van der Waals surface area contributed by atoms with Crippen LogP contribution in [0.5, 0.6) is 5.75 Å². The molecule has 1 N–H and O–H groups in total. The maximum absolute atomic E-state index is 11.3. The molecule has 1 aliphatic rings. The summed E-state index contributed by atoms with van der Waals surface area (Å²) in [7, 11) is 1.59. The van der Waals surface area contributed by atoms with Gasteiger partial charge in [-0.3, -0.25) is 4.79 Å². The van der Waals surface area contributed by atoms with Crippen LogP contribution in [0.15, 0.2) is 29.1 Å². The van der Waals surface area contributed by atoms with Gasteiger partial charge in [0, 0.05) is 11.5 Å². The predicted molar refractivity (Wildman–Crippen MR) is 59.8 cm³/mol. The van der Waals surface area contributed by atoms with Crippen LogP contribution < -0.4 is 10.3 Å². The van der Waals surface area contributed by atoms with Gasteiger partial charge in [-0.05, 0) is 17.7 Å². The van der Waals surface area contributed by atoms with E-state index in [-0.39, 0.29) is 11.7 Å². The third-order valence-corrected chi connectivity index (χ3v) is 2.79. The molecule has 3 rings (SSSR count). The van der Waals surface area contributed by atoms with Crippen molar-refractivity contribution in [3.63, 3.8) is 0 Å². The fraction of sp³-hybridized carbons (Fsp3) is 0.250. The van der Waals surface area contributed by atoms with Crippen molar-refractivity contribution in [2.75, 3.05) is 13.7 Å². The normalized spacial score (nSPS) is 18.7. The Morgan fingerprint density at radius 3 is 2.88 bits per heavy atom. The number of hydrogen-bond donors (Lipinski definition) is 1. The summed E-state index contributed by atoms with van der Waals surface area (Å²) in [5, 5.41) is 0.987. The minimum atomic E-state index is -0.125. The SMILES string of the molecule is COc1ccc([C@@H]2CO2)c2ccc(=O)[nH]c12. The van der Waals surface area contributed by atoms with Crippen LogP contribution >= 0.6 is 0 Å². The fourth-order valence-corrected chi connectivity index (χ4v) is 1.93. The number of nitrogens with one attached hydrogen (secondary N) is 1. The smallest absolute Gasteiger partial charge is 0.248 e. The van der Waals surface area contributed by atoms with Gasteiger partial charge in [-0.1, -0.05) is 6.07 Å². The molecule has 1 aromatic carbocycles. The molecule has 1 aromatic heterocycles. The molecule has 4 heteroatoms. The van der Waals surface area contributed by atoms with Crippen LogP contribution in [-0.2, 0) is 4.74 Å². The molecule has 0 spiro atoms. The van der Waals surface area contributed by atoms with E-state index in [1.165, 1.54) is 6.07 Å². The Morgan fingerprint density at radius 2 is 2.19 bits per heavy atom. The molecule has 1 aliphatic heterocycles. The van der Waals surface area contributed by atoms with Gasteiger partial charge in [0.15, 0.2) is 0 Å². The lowest BCUT2D eigenvalue weighted by Crippen LogP contribution is -2.04. The number of ether oxygens (including phenoxy) is 2. The minimum Gasteiger partial charge on any atom is -0.495 e. The van der Waals surface area contributed by atoms with Crippen LogP contribution in [0.25, 0.3) is 10.9 Å². The van der Waals surface area contributed by atoms with E-state index in [4.69, 9.17) is 9.47 Å². The van der Waals surface area contributed by atoms with E-state index in [0.717, 1.165) is 23.1 Å². The van der Waals surface area contributed by atoms with E-state index >= 15 is 0 Å². The topological polar surface area (TPSA) is 54.6 Å². The van der Waals surface area contributed by atoms with E-state index in [1.54, 1.807) is 7.11 Å². The number of benzene rings is 1. The number of fused-ring (bicyclic) bond motifs is 1. The minimum absolute atomic E-state index is 0.125. The Bertz CT molecular complexity index is 599. The van der Waals surface area contributed by atoms with Crippen molar-refractivity contribution < 1.29 is 9.47 Å². The maximum atomic E-state index is 11.3. The molecule has 4 nitrogen and oxygen atoms in total. The van der Waals surface area contributed by atoms with Crippen LogP contribution in [0.4, 0.5) is 0 Å². The Kier molecular flexibility index (Phi) is 1.97. The van der Waals surface area contributed by atoms with Gasteiger partial charge in [0.05, 0.1) is 19.2 Å². The average Bonchev–Trinajstić information content (AvgIpc) is 3.11. The van der Waals surface area contributed by atoms with Gasteiger partial charge in [-0.15, -0.1) is 0 Å². The average molecular weight is 217 g/mol. The van der Waals surface area contributed by atoms with Crippen molar-refractivity contribution in [1.82, 2.24) is 4.98 Å². The highest BCUT2D eigenvalue weighted by Gasteiger charge is 2.27. The summed E-state index contributed by atoms with van der Waals surface area (Å²) in [4.78, 5) is 14.1. The van der Waals surface area contributed by atoms with Crippen molar-refractivity contribution in [2.24, 2.45) is 0 Å². The standard InChI is InChI=1S/C12H11NO3/c1-15-9-4-2-7(10-6-16-10)8-3-5-11(14)13-12(8)9/h2-5,10H,6H2,1H3,(H,13,14)/t10-/m0/s1. The molecule has 0 radical (unpaired) electrons. The predicted octanol–water partition coefficient (Wildman–Crippen LogP) is 1.61. The molecule has 82 valence electrons. The summed E-state index contributed by atoms with van der Waals surface area (Å²) < 4.78 is 10.5. The van der Waals surface area contributed by atoms with Crippen molar-refractivity contribution >= 4 is 10.9 Å². The Labute approximate surface area is 91.8 Å². The first kappa shape index (κ1) is 9.42. The molecule has 16 heavy (non-hydrogen) atoms. The zero-order chi connectivity index (χ0) is 11.1. The van der Waals surface area contributed by atoms with Gasteiger partial charge in [-0.25, -0.2) is 0 Å². The van der Waals surface area contributed by atoms with Crippen LogP contribution in [-0.4, -0.2) is 18.7 Å². The van der Waals surface area contributed by atoms with Crippen molar-refractivity contribution in [3.05, 3.63) is 40.2 Å². The second-order valence-electron chi connectivity index (χ2n) is 3.79. The van der Waals surface area contributed by atoms with E-state index in [1.807, 2.05) is 18.2 Å². The molecule has 2 heterocycles. The summed E-state index contributed by atoms with van der Waals surface area (Å²) in [5.41, 5.74) is 1.72. The third-order valence-electron chi connectivity index (χ3n) is 2.79. The van der Waals surface area contributed by atoms with Gasteiger partial charge in [0.1, 0.15) is 11.9 Å². The summed E-state index contributed by atoms with van der Waals surface area (Å²) in [5.74, 6) is 0.678. The van der Waals surface area contributed by atoms with Crippen LogP contribution in [0.1, 0.15) is 11.7 Å². The lowest BCUT2D eigenvalue weighted by Gasteiger charge is -2.08. The highest BCUT2D eigenvalue weighted by molar-refractivity contribution is 5.87. The monoisotopic (exact) mass is 217 g/mol. The van der Waals surface area contributed by atoms with Crippen molar-refractivity contribution in [1.29, 1.82) is 0 Å². The van der Waals surface area contributed by atoms with Gasteiger partial charge in [-0.2, -0.15) is 0 Å². The molecule has 1 saturated heterocycles. The fourth-order valence-electron chi connectivity index (χ4n) is 1.93. The van der Waals surface area contributed by atoms with Gasteiger partial charge in [0.25, 0.3) is 0 Å². The third kappa shape index (κ3) is 1.39. The Morgan fingerprint density at radius 1 is 1.38 bits per heavy atom. The van der Waals surface area contributed by atoms with Gasteiger partial charge in [0.2, 0.25) is 5.56 Å². The maximum Gasteiger partial charge on any atom is 0.248 e. The molecular weight excluding hydrogens is 206 g/mol. The molecule has 2 aromatic rings. The van der Waals surface area contributed by atoms with E-state index in [0.29, 0.717) is 5.75 Å². The van der Waals surface area contributed by atoms with Crippen LogP contribution in [0, 0.1) is 0 Å². The van der Waals surface area contributed by atoms with E-state index in [2.05, 4.69) is 4.98 Å². The second kappa shape index (κ2) is 3.35. The largest absolute Gasteiger partial charge is 0.495 e. The molecule has 1 fully saturated rings. The zero-order valence-corrected chi connectivity index (χ0v) is 8.82. The number of aromatic nitrogens is 1. The molecule has 0 amide bonds. The highest BCUT2D eigenvalue weighted by Crippen LogP contribution is 2.36. The highest BCUT2D eigenvalue weighted by atomic mass is 16.6. The second-order valence-corrected chi connectivity index (χ2v) is 3.79. The van der Waals surface area contributed by atoms with E-state index in [9.17, 15) is 4.79 Å². The van der Waals surface area contributed by atoms with Gasteiger partial charge < -0.3 is 14.5 Å². The molecule has 0 saturated carbocycles. The number of hydrogen-bond acceptors (Lipinski definition) is 3.